The zero-order valence-electron chi connectivity index (χ0n) is 42.2. The number of thioether (sulfide) groups is 2. The number of aromatic amines is 1. The number of H-pyrrole nitrogens is 1. The van der Waals surface area contributed by atoms with Crippen LogP contribution in [-0.4, -0.2) is 160 Å². The number of aromatic nitrogens is 1. The maximum Gasteiger partial charge on any atom is 0.446 e. The van der Waals surface area contributed by atoms with Crippen molar-refractivity contribution in [1.82, 2.24) is 42.2 Å². The molecule has 0 saturated carbocycles. The van der Waals surface area contributed by atoms with E-state index in [0.29, 0.717) is 33.3 Å². The molecule has 4 aromatic rings. The van der Waals surface area contributed by atoms with Crippen LogP contribution >= 0.6 is 23.5 Å². The number of rotatable bonds is 33. The summed E-state index contributed by atoms with van der Waals surface area (Å²) in [4.78, 5) is 135. The topological polar surface area (TPSA) is 427 Å². The second-order valence-corrected chi connectivity index (χ2v) is 20.5. The van der Waals surface area contributed by atoms with Gasteiger partial charge in [0.1, 0.15) is 42.0 Å². The highest BCUT2D eigenvalue weighted by atomic mass is 32.3. The van der Waals surface area contributed by atoms with E-state index in [0.717, 1.165) is 12.1 Å². The standard InChI is InChI=1S/C49H62N10O16S3/c1-76-18-16-34(55-47(69)37(58-44(66)32(50)23-41(61)62)21-28-12-14-30(15-13-28)75-78(72,73)74)45(67)53-26-40(60)54-38(22-29-25-52-33-11-7-6-10-31(29)33)48(70)56-35(17-19-77-2)46(68)59-39(24-42(63)64)49(71)57-36(43(51)65)20-27-8-4-3-5-9-27/h3-15,25,32,34-39,52H,16-24,26,50H2,1-2H3,(H2,51,65)(H,53,67)(H,54,60)(H,55,69)(H,56,70)(H,57,71)(H,58,66)(H,59,68)(H,61,62)(H,63,64)(H,72,73,74)/t32?,34-,35-,36-,37-,38-,39-/m0/s1. The van der Waals surface area contributed by atoms with Gasteiger partial charge in [-0.05, 0) is 71.7 Å². The molecule has 4 rings (SSSR count). The number of fused-ring (bicyclic) bond motifs is 1. The Balaban J connectivity index is 1.54. The summed E-state index contributed by atoms with van der Waals surface area (Å²) in [7, 11) is -4.87. The molecule has 0 fully saturated rings. The van der Waals surface area contributed by atoms with Gasteiger partial charge < -0.3 is 68.1 Å². The van der Waals surface area contributed by atoms with Crippen LogP contribution in [0.5, 0.6) is 5.75 Å². The molecule has 1 unspecified atom stereocenters. The summed E-state index contributed by atoms with van der Waals surface area (Å²) >= 11 is 2.61. The minimum Gasteiger partial charge on any atom is -0.481 e. The Labute approximate surface area is 456 Å². The fourth-order valence-electron chi connectivity index (χ4n) is 7.63. The number of benzene rings is 3. The van der Waals surface area contributed by atoms with Gasteiger partial charge in [-0.2, -0.15) is 31.9 Å². The number of nitrogens with one attached hydrogen (secondary N) is 8. The van der Waals surface area contributed by atoms with E-state index in [1.165, 1.54) is 35.7 Å². The van der Waals surface area contributed by atoms with Crippen LogP contribution in [0, 0.1) is 0 Å². The lowest BCUT2D eigenvalue weighted by molar-refractivity contribution is -0.141. The molecule has 29 heteroatoms. The third kappa shape index (κ3) is 21.4. The van der Waals surface area contributed by atoms with E-state index in [9.17, 15) is 66.6 Å². The number of carbonyl (C=O) groups excluding carboxylic acids is 8. The first-order valence-electron chi connectivity index (χ1n) is 23.9. The van der Waals surface area contributed by atoms with E-state index in [-0.39, 0.29) is 43.6 Å². The lowest BCUT2D eigenvalue weighted by Gasteiger charge is -2.26. The van der Waals surface area contributed by atoms with Crippen LogP contribution in [0.25, 0.3) is 10.9 Å². The minimum absolute atomic E-state index is 0.0132. The molecule has 0 spiro atoms. The molecule has 0 aliphatic rings. The maximum absolute atomic E-state index is 14.3. The van der Waals surface area contributed by atoms with Crippen molar-refractivity contribution >= 4 is 104 Å². The van der Waals surface area contributed by atoms with Crippen LogP contribution in [0.2, 0.25) is 0 Å². The van der Waals surface area contributed by atoms with E-state index in [2.05, 4.69) is 46.4 Å². The summed E-state index contributed by atoms with van der Waals surface area (Å²) < 4.78 is 35.8. The molecule has 1 aromatic heterocycles. The number of primary amides is 1. The van der Waals surface area contributed by atoms with E-state index >= 15 is 0 Å². The van der Waals surface area contributed by atoms with Gasteiger partial charge in [-0.25, -0.2) is 0 Å². The molecular weight excluding hydrogens is 1080 g/mol. The minimum atomic E-state index is -4.87. The van der Waals surface area contributed by atoms with Crippen LogP contribution in [-0.2, 0) is 77.6 Å². The number of para-hydroxylation sites is 1. The first-order valence-corrected chi connectivity index (χ1v) is 28.0. The molecular formula is C49H62N10O16S3. The Kier molecular flexibility index (Phi) is 24.9. The molecule has 7 atom stereocenters. The first-order chi connectivity index (χ1) is 37.0. The summed E-state index contributed by atoms with van der Waals surface area (Å²) in [5.74, 6) is -10.2. The largest absolute Gasteiger partial charge is 0.481 e. The van der Waals surface area contributed by atoms with Gasteiger partial charge in [0.05, 0.1) is 25.4 Å². The van der Waals surface area contributed by atoms with E-state index < -0.39 is 131 Å². The highest BCUT2D eigenvalue weighted by Crippen LogP contribution is 2.20. The number of carbonyl (C=O) groups is 10. The molecule has 0 aliphatic heterocycles. The average Bonchev–Trinajstić information content (AvgIpc) is 3.80. The second-order valence-electron chi connectivity index (χ2n) is 17.5. The van der Waals surface area contributed by atoms with Gasteiger partial charge in [0.2, 0.25) is 47.3 Å². The monoisotopic (exact) mass is 1140 g/mol. The normalized spacial score (nSPS) is 13.9. The molecule has 0 radical (unpaired) electrons. The van der Waals surface area contributed by atoms with Gasteiger partial charge in [0.25, 0.3) is 0 Å². The van der Waals surface area contributed by atoms with Crippen molar-refractivity contribution in [3.63, 3.8) is 0 Å². The summed E-state index contributed by atoms with van der Waals surface area (Å²) in [6.45, 7) is -0.761. The zero-order chi connectivity index (χ0) is 57.5. The highest BCUT2D eigenvalue weighted by molar-refractivity contribution is 7.98. The van der Waals surface area contributed by atoms with E-state index in [1.54, 1.807) is 73.3 Å². The highest BCUT2D eigenvalue weighted by Gasteiger charge is 2.34. The maximum atomic E-state index is 14.3. The van der Waals surface area contributed by atoms with Crippen molar-refractivity contribution in [3.05, 3.63) is 102 Å². The van der Waals surface area contributed by atoms with Crippen LogP contribution in [0.1, 0.15) is 42.4 Å². The molecule has 0 aliphatic carbocycles. The second kappa shape index (κ2) is 30.9. The molecule has 1 heterocycles. The Morgan fingerprint density at radius 2 is 1.08 bits per heavy atom. The van der Waals surface area contributed by atoms with Gasteiger partial charge in [-0.15, -0.1) is 0 Å². The number of aliphatic carboxylic acids is 2. The summed E-state index contributed by atoms with van der Waals surface area (Å²) in [5.41, 5.74) is 13.5. The smallest absolute Gasteiger partial charge is 0.446 e. The fourth-order valence-corrected chi connectivity index (χ4v) is 8.92. The number of amides is 8. The zero-order valence-corrected chi connectivity index (χ0v) is 44.7. The van der Waals surface area contributed by atoms with Gasteiger partial charge in [0, 0.05) is 36.4 Å². The Bertz CT molecular complexity index is 2880. The molecule has 15 N–H and O–H groups in total. The molecule has 422 valence electrons. The number of carboxylic acids is 2. The summed E-state index contributed by atoms with van der Waals surface area (Å²) in [6, 6.07) is 10.2. The predicted molar refractivity (Wildman–Crippen MR) is 287 cm³/mol. The molecule has 3 aromatic carbocycles. The van der Waals surface area contributed by atoms with E-state index in [1.807, 2.05) is 0 Å². The van der Waals surface area contributed by atoms with Crippen molar-refractivity contribution in [1.29, 1.82) is 0 Å². The van der Waals surface area contributed by atoms with Gasteiger partial charge in [-0.1, -0.05) is 60.7 Å². The van der Waals surface area contributed by atoms with Crippen LogP contribution in [0.3, 0.4) is 0 Å². The van der Waals surface area contributed by atoms with Gasteiger partial charge in [0.15, 0.2) is 0 Å². The lowest BCUT2D eigenvalue weighted by atomic mass is 10.0. The van der Waals surface area contributed by atoms with E-state index in [4.69, 9.17) is 16.0 Å². The Morgan fingerprint density at radius 1 is 0.590 bits per heavy atom. The Morgan fingerprint density at radius 3 is 1.65 bits per heavy atom. The fraction of sp³-hybridized carbons (Fsp3) is 0.388. The summed E-state index contributed by atoms with van der Waals surface area (Å²) in [5, 5.41) is 37.0. The molecule has 0 saturated heterocycles. The van der Waals surface area contributed by atoms with Crippen LogP contribution in [0.15, 0.2) is 85.1 Å². The van der Waals surface area contributed by atoms with Crippen LogP contribution < -0.4 is 52.9 Å². The van der Waals surface area contributed by atoms with Crippen LogP contribution in [0.4, 0.5) is 0 Å². The SMILES string of the molecule is CSCC[C@H](NC(=O)[C@H](Cc1ccc(OS(=O)(=O)O)cc1)NC(=O)C(N)CC(=O)O)C(=O)NCC(=O)N[C@@H](Cc1c[nH]c2ccccc12)C(=O)N[C@@H](CCSC)C(=O)N[C@@H](CC(=O)O)C(=O)N[C@@H](Cc1ccccc1)C(N)=O. The lowest BCUT2D eigenvalue weighted by Crippen LogP contribution is -2.59. The van der Waals surface area contributed by atoms with Crippen molar-refractivity contribution in [2.24, 2.45) is 11.5 Å². The Hall–Kier alpha value is -7.73. The van der Waals surface area contributed by atoms with Crippen molar-refractivity contribution < 1.29 is 75.3 Å². The average molecular weight is 1140 g/mol. The number of nitrogens with two attached hydrogens (primary N) is 2. The first kappa shape index (κ1) is 62.8. The molecule has 26 nitrogen and oxygen atoms in total. The van der Waals surface area contributed by atoms with Gasteiger partial charge >= 0.3 is 22.3 Å². The quantitative estimate of drug-likeness (QED) is 0.0246. The number of hydrogen-bond donors (Lipinski definition) is 13. The molecule has 0 bridgehead atoms. The third-order valence-corrected chi connectivity index (χ3v) is 13.2. The molecule has 8 amide bonds. The van der Waals surface area contributed by atoms with Crippen molar-refractivity contribution in [2.45, 2.75) is 87.2 Å². The molecule has 78 heavy (non-hydrogen) atoms. The summed E-state index contributed by atoms with van der Waals surface area (Å²) in [6.07, 6.45) is 2.78. The third-order valence-electron chi connectivity index (χ3n) is 11.5. The van der Waals surface area contributed by atoms with Crippen molar-refractivity contribution in [3.8, 4) is 5.75 Å². The number of carboxylic acid groups (broad SMARTS) is 2. The predicted octanol–water partition coefficient (Wildman–Crippen LogP) is -1.33. The number of hydrogen-bond acceptors (Lipinski definition) is 16. The van der Waals surface area contributed by atoms with Gasteiger partial charge in [-0.3, -0.25) is 52.5 Å². The van der Waals surface area contributed by atoms with Crippen molar-refractivity contribution in [2.75, 3.05) is 30.6 Å².